The van der Waals surface area contributed by atoms with Crippen LogP contribution in [0.2, 0.25) is 0 Å². The van der Waals surface area contributed by atoms with Gasteiger partial charge < -0.3 is 10.3 Å². The molecule has 0 saturated carbocycles. The van der Waals surface area contributed by atoms with Gasteiger partial charge in [0.25, 0.3) is 5.56 Å². The minimum Gasteiger partial charge on any atom is -0.309 e. The summed E-state index contributed by atoms with van der Waals surface area (Å²) in [5, 5.41) is 6.41. The molecule has 3 aromatic rings. The minimum absolute atomic E-state index is 0.0268. The summed E-state index contributed by atoms with van der Waals surface area (Å²) in [7, 11) is 0. The Labute approximate surface area is 155 Å². The number of aryl methyl sites for hydroxylation is 1. The molecule has 0 radical (unpaired) electrons. The average Bonchev–Trinajstić information content (AvgIpc) is 3.21. The number of rotatable bonds is 5. The molecular weight excluding hydrogens is 350 g/mol. The van der Waals surface area contributed by atoms with Crippen LogP contribution in [0.4, 0.5) is 0 Å². The van der Waals surface area contributed by atoms with Crippen LogP contribution in [0.3, 0.4) is 0 Å². The first kappa shape index (κ1) is 16.9. The molecule has 6 heteroatoms. The predicted molar refractivity (Wildman–Crippen MR) is 106 cm³/mol. The van der Waals surface area contributed by atoms with Gasteiger partial charge in [-0.2, -0.15) is 0 Å². The zero-order chi connectivity index (χ0) is 17.4. The second-order valence-electron chi connectivity index (χ2n) is 6.99. The van der Waals surface area contributed by atoms with Gasteiger partial charge in [-0.3, -0.25) is 4.79 Å². The molecule has 0 saturated heterocycles. The van der Waals surface area contributed by atoms with E-state index in [2.05, 4.69) is 41.7 Å². The van der Waals surface area contributed by atoms with Gasteiger partial charge in [0, 0.05) is 16.3 Å². The Morgan fingerprint density at radius 2 is 2.36 bits per heavy atom. The molecule has 25 heavy (non-hydrogen) atoms. The average molecular weight is 374 g/mol. The molecule has 132 valence electrons. The van der Waals surface area contributed by atoms with E-state index in [1.807, 2.05) is 0 Å². The molecule has 0 fully saturated rings. The third kappa shape index (κ3) is 3.43. The van der Waals surface area contributed by atoms with Crippen LogP contribution in [-0.4, -0.2) is 16.5 Å². The summed E-state index contributed by atoms with van der Waals surface area (Å²) < 4.78 is 0. The van der Waals surface area contributed by atoms with Crippen LogP contribution in [0.5, 0.6) is 0 Å². The van der Waals surface area contributed by atoms with Gasteiger partial charge in [0.1, 0.15) is 10.7 Å². The normalized spacial score (nSPS) is 18.4. The van der Waals surface area contributed by atoms with Gasteiger partial charge in [-0.1, -0.05) is 13.0 Å². The molecule has 0 bridgehead atoms. The van der Waals surface area contributed by atoms with Gasteiger partial charge in [-0.25, -0.2) is 4.98 Å². The first-order valence-electron chi connectivity index (χ1n) is 8.92. The fourth-order valence-electron chi connectivity index (χ4n) is 3.53. The van der Waals surface area contributed by atoms with Crippen LogP contribution >= 0.6 is 22.7 Å². The van der Waals surface area contributed by atoms with Crippen molar-refractivity contribution in [2.75, 3.05) is 6.54 Å². The summed E-state index contributed by atoms with van der Waals surface area (Å²) in [4.78, 5) is 24.1. The van der Waals surface area contributed by atoms with Crippen molar-refractivity contribution >= 4 is 32.9 Å². The molecule has 0 unspecified atom stereocenters. The molecular formula is C19H23N3OS2. The van der Waals surface area contributed by atoms with E-state index in [9.17, 15) is 4.79 Å². The molecule has 4 rings (SSSR count). The highest BCUT2D eigenvalue weighted by atomic mass is 32.1. The molecule has 0 aliphatic heterocycles. The summed E-state index contributed by atoms with van der Waals surface area (Å²) in [5.41, 5.74) is 1.27. The minimum atomic E-state index is 0.0268. The van der Waals surface area contributed by atoms with Crippen molar-refractivity contribution in [2.24, 2.45) is 5.92 Å². The molecule has 1 aliphatic carbocycles. The van der Waals surface area contributed by atoms with E-state index >= 15 is 0 Å². The molecule has 2 atom stereocenters. The number of thiophene rings is 2. The maximum absolute atomic E-state index is 12.7. The van der Waals surface area contributed by atoms with Crippen molar-refractivity contribution in [1.29, 1.82) is 0 Å². The zero-order valence-electron chi connectivity index (χ0n) is 14.6. The van der Waals surface area contributed by atoms with E-state index < -0.39 is 0 Å². The second kappa shape index (κ2) is 7.02. The standard InChI is InChI=1S/C19H23N3OS2/c1-11-5-6-14-15(10-11)25-19-16(14)18(23)21-17(22-19)12(2)20-8-7-13-4-3-9-24-13/h3-4,9,11-12,20H,5-8,10H2,1-2H3,(H,21,22,23)/t11-,12-/m0/s1. The summed E-state index contributed by atoms with van der Waals surface area (Å²) in [5.74, 6) is 1.45. The van der Waals surface area contributed by atoms with Gasteiger partial charge in [0.15, 0.2) is 0 Å². The van der Waals surface area contributed by atoms with Crippen LogP contribution in [-0.2, 0) is 19.3 Å². The van der Waals surface area contributed by atoms with Crippen LogP contribution in [0.15, 0.2) is 22.3 Å². The van der Waals surface area contributed by atoms with Crippen molar-refractivity contribution in [3.8, 4) is 0 Å². The lowest BCUT2D eigenvalue weighted by Crippen LogP contribution is -2.25. The largest absolute Gasteiger partial charge is 0.309 e. The number of hydrogen-bond donors (Lipinski definition) is 2. The van der Waals surface area contributed by atoms with Gasteiger partial charge in [0.05, 0.1) is 11.4 Å². The van der Waals surface area contributed by atoms with Crippen molar-refractivity contribution in [2.45, 2.75) is 45.6 Å². The summed E-state index contributed by atoms with van der Waals surface area (Å²) in [6, 6.07) is 4.27. The fourth-order valence-corrected chi connectivity index (χ4v) is 5.63. The number of H-pyrrole nitrogens is 1. The Morgan fingerprint density at radius 1 is 1.48 bits per heavy atom. The van der Waals surface area contributed by atoms with E-state index in [4.69, 9.17) is 4.98 Å². The smallest absolute Gasteiger partial charge is 0.259 e. The lowest BCUT2D eigenvalue weighted by molar-refractivity contribution is 0.509. The third-order valence-electron chi connectivity index (χ3n) is 5.00. The van der Waals surface area contributed by atoms with Gasteiger partial charge in [0.2, 0.25) is 0 Å². The summed E-state index contributed by atoms with van der Waals surface area (Å²) >= 11 is 3.49. The van der Waals surface area contributed by atoms with Crippen LogP contribution in [0, 0.1) is 5.92 Å². The number of aromatic amines is 1. The lowest BCUT2D eigenvalue weighted by atomic mass is 9.89. The molecule has 0 spiro atoms. The Morgan fingerprint density at radius 3 is 3.16 bits per heavy atom. The topological polar surface area (TPSA) is 57.8 Å². The number of nitrogens with one attached hydrogen (secondary N) is 2. The van der Waals surface area contributed by atoms with Gasteiger partial charge in [-0.15, -0.1) is 22.7 Å². The van der Waals surface area contributed by atoms with Crippen LogP contribution in [0.25, 0.3) is 10.2 Å². The third-order valence-corrected chi connectivity index (χ3v) is 7.08. The Bertz CT molecular complexity index is 926. The van der Waals surface area contributed by atoms with Crippen LogP contribution < -0.4 is 10.9 Å². The van der Waals surface area contributed by atoms with Crippen molar-refractivity contribution in [3.63, 3.8) is 0 Å². The maximum atomic E-state index is 12.7. The Hall–Kier alpha value is -1.50. The number of fused-ring (bicyclic) bond motifs is 3. The quantitative estimate of drug-likeness (QED) is 0.709. The highest BCUT2D eigenvalue weighted by molar-refractivity contribution is 7.18. The van der Waals surface area contributed by atoms with Gasteiger partial charge >= 0.3 is 0 Å². The zero-order valence-corrected chi connectivity index (χ0v) is 16.2. The monoisotopic (exact) mass is 373 g/mol. The summed E-state index contributed by atoms with van der Waals surface area (Å²) in [6.45, 7) is 5.23. The maximum Gasteiger partial charge on any atom is 0.259 e. The van der Waals surface area contributed by atoms with Crippen molar-refractivity contribution < 1.29 is 0 Å². The predicted octanol–water partition coefficient (Wildman–Crippen LogP) is 4.06. The summed E-state index contributed by atoms with van der Waals surface area (Å²) in [6.07, 6.45) is 4.26. The van der Waals surface area contributed by atoms with Gasteiger partial charge in [-0.05, 0) is 55.5 Å². The molecule has 0 amide bonds. The highest BCUT2D eigenvalue weighted by Gasteiger charge is 2.23. The number of nitrogens with zero attached hydrogens (tertiary/aromatic N) is 1. The molecule has 1 aliphatic rings. The fraction of sp³-hybridized carbons (Fsp3) is 0.474. The lowest BCUT2D eigenvalue weighted by Gasteiger charge is -2.17. The van der Waals surface area contributed by atoms with Crippen molar-refractivity contribution in [1.82, 2.24) is 15.3 Å². The van der Waals surface area contributed by atoms with E-state index in [0.29, 0.717) is 5.92 Å². The molecule has 0 aromatic carbocycles. The first-order valence-corrected chi connectivity index (χ1v) is 10.6. The SMILES string of the molecule is C[C@H]1CCc2c(sc3nc([C@H](C)NCCc4cccs4)[nH]c(=O)c23)C1. The van der Waals surface area contributed by atoms with Crippen LogP contribution in [0.1, 0.15) is 47.5 Å². The van der Waals surface area contributed by atoms with E-state index in [1.165, 1.54) is 21.7 Å². The van der Waals surface area contributed by atoms with E-state index in [0.717, 1.165) is 41.8 Å². The van der Waals surface area contributed by atoms with E-state index in [1.54, 1.807) is 22.7 Å². The highest BCUT2D eigenvalue weighted by Crippen LogP contribution is 2.35. The Balaban J connectivity index is 1.55. The number of hydrogen-bond acceptors (Lipinski definition) is 5. The van der Waals surface area contributed by atoms with E-state index in [-0.39, 0.29) is 11.6 Å². The number of aromatic nitrogens is 2. The molecule has 2 N–H and O–H groups in total. The first-order chi connectivity index (χ1) is 12.1. The molecule has 3 heterocycles. The second-order valence-corrected chi connectivity index (χ2v) is 9.10. The molecule has 4 nitrogen and oxygen atoms in total. The van der Waals surface area contributed by atoms with Crippen molar-refractivity contribution in [3.05, 3.63) is 49.0 Å². The molecule has 3 aromatic heterocycles. The Kier molecular flexibility index (Phi) is 4.75.